The van der Waals surface area contributed by atoms with Crippen molar-refractivity contribution in [1.29, 1.82) is 0 Å². The van der Waals surface area contributed by atoms with E-state index in [1.807, 2.05) is 24.5 Å². The van der Waals surface area contributed by atoms with E-state index in [4.69, 9.17) is 4.98 Å². The van der Waals surface area contributed by atoms with Gasteiger partial charge in [-0.2, -0.15) is 0 Å². The normalized spacial score (nSPS) is 11.2. The van der Waals surface area contributed by atoms with Gasteiger partial charge < -0.3 is 0 Å². The van der Waals surface area contributed by atoms with Crippen molar-refractivity contribution in [3.63, 3.8) is 0 Å². The second-order valence-electron chi connectivity index (χ2n) is 5.85. The third-order valence-corrected chi connectivity index (χ3v) is 3.75. The van der Waals surface area contributed by atoms with Gasteiger partial charge in [0.15, 0.2) is 0 Å². The monoisotopic (exact) mass is 276 g/mol. The summed E-state index contributed by atoms with van der Waals surface area (Å²) >= 11 is 0. The fourth-order valence-electron chi connectivity index (χ4n) is 2.53. The lowest BCUT2D eigenvalue weighted by atomic mass is 10.0. The summed E-state index contributed by atoms with van der Waals surface area (Å²) < 4.78 is 0. The minimum Gasteiger partial charge on any atom is -0.265 e. The van der Waals surface area contributed by atoms with Gasteiger partial charge in [-0.25, -0.2) is 0 Å². The average molecular weight is 276 g/mol. The maximum atomic E-state index is 4.90. The van der Waals surface area contributed by atoms with Gasteiger partial charge in [-0.1, -0.05) is 38.1 Å². The molecule has 0 aliphatic heterocycles. The summed E-state index contributed by atoms with van der Waals surface area (Å²) in [6, 6.07) is 14.8. The molecule has 1 aromatic carbocycles. The van der Waals surface area contributed by atoms with Crippen LogP contribution in [-0.4, -0.2) is 9.97 Å². The largest absolute Gasteiger partial charge is 0.265 e. The van der Waals surface area contributed by atoms with E-state index in [1.54, 1.807) is 0 Å². The SMILES string of the molecule is CC(C)CCc1ccc2cccc(-c3ccncc3)c2n1. The molecule has 0 spiro atoms. The molecular formula is C19H20N2. The number of hydrogen-bond donors (Lipinski definition) is 0. The van der Waals surface area contributed by atoms with Crippen LogP contribution in [0.2, 0.25) is 0 Å². The average Bonchev–Trinajstić information content (AvgIpc) is 2.53. The summed E-state index contributed by atoms with van der Waals surface area (Å²) in [6.45, 7) is 4.51. The molecule has 0 aliphatic rings. The van der Waals surface area contributed by atoms with Crippen LogP contribution in [0.15, 0.2) is 54.9 Å². The molecule has 0 saturated heterocycles. The first-order chi connectivity index (χ1) is 10.2. The molecule has 0 aliphatic carbocycles. The zero-order valence-corrected chi connectivity index (χ0v) is 12.6. The first kappa shape index (κ1) is 13.7. The van der Waals surface area contributed by atoms with Gasteiger partial charge >= 0.3 is 0 Å². The number of fused-ring (bicyclic) bond motifs is 1. The van der Waals surface area contributed by atoms with E-state index in [-0.39, 0.29) is 0 Å². The maximum absolute atomic E-state index is 4.90. The van der Waals surface area contributed by atoms with E-state index >= 15 is 0 Å². The molecule has 2 heterocycles. The zero-order chi connectivity index (χ0) is 14.7. The number of nitrogens with zero attached hydrogens (tertiary/aromatic N) is 2. The second kappa shape index (κ2) is 6.04. The van der Waals surface area contributed by atoms with Crippen LogP contribution < -0.4 is 0 Å². The van der Waals surface area contributed by atoms with Gasteiger partial charge in [-0.3, -0.25) is 9.97 Å². The fourth-order valence-corrected chi connectivity index (χ4v) is 2.53. The van der Waals surface area contributed by atoms with Gasteiger partial charge in [0, 0.05) is 29.0 Å². The van der Waals surface area contributed by atoms with E-state index in [0.29, 0.717) is 5.92 Å². The molecule has 21 heavy (non-hydrogen) atoms. The lowest BCUT2D eigenvalue weighted by Gasteiger charge is -2.09. The molecule has 0 radical (unpaired) electrons. The van der Waals surface area contributed by atoms with E-state index in [1.165, 1.54) is 28.6 Å². The predicted molar refractivity (Wildman–Crippen MR) is 88.1 cm³/mol. The summed E-state index contributed by atoms with van der Waals surface area (Å²) in [5.74, 6) is 0.706. The third-order valence-electron chi connectivity index (χ3n) is 3.75. The van der Waals surface area contributed by atoms with E-state index in [9.17, 15) is 0 Å². The number of rotatable bonds is 4. The Balaban J connectivity index is 2.06. The first-order valence-electron chi connectivity index (χ1n) is 7.53. The predicted octanol–water partition coefficient (Wildman–Crippen LogP) is 4.89. The Hall–Kier alpha value is -2.22. The van der Waals surface area contributed by atoms with Crippen molar-refractivity contribution in [2.45, 2.75) is 26.7 Å². The molecule has 3 rings (SSSR count). The van der Waals surface area contributed by atoms with Crippen LogP contribution in [0, 0.1) is 5.92 Å². The van der Waals surface area contributed by atoms with Crippen molar-refractivity contribution in [3.8, 4) is 11.1 Å². The molecule has 0 fully saturated rings. The Kier molecular flexibility index (Phi) is 3.96. The molecule has 2 aromatic heterocycles. The van der Waals surface area contributed by atoms with E-state index in [0.717, 1.165) is 11.9 Å². The Bertz CT molecular complexity index is 733. The lowest BCUT2D eigenvalue weighted by Crippen LogP contribution is -1.96. The van der Waals surface area contributed by atoms with Gasteiger partial charge in [0.2, 0.25) is 0 Å². The fraction of sp³-hybridized carbons (Fsp3) is 0.263. The summed E-state index contributed by atoms with van der Waals surface area (Å²) in [5.41, 5.74) is 4.62. The molecule has 0 saturated carbocycles. The van der Waals surface area contributed by atoms with Gasteiger partial charge in [0.05, 0.1) is 5.52 Å². The smallest absolute Gasteiger partial charge is 0.0783 e. The Morgan fingerprint density at radius 3 is 2.52 bits per heavy atom. The van der Waals surface area contributed by atoms with Crippen LogP contribution >= 0.6 is 0 Å². The molecule has 0 bridgehead atoms. The van der Waals surface area contributed by atoms with Crippen molar-refractivity contribution >= 4 is 10.9 Å². The van der Waals surface area contributed by atoms with Crippen molar-refractivity contribution in [3.05, 3.63) is 60.6 Å². The van der Waals surface area contributed by atoms with Gasteiger partial charge in [0.1, 0.15) is 0 Å². The quantitative estimate of drug-likeness (QED) is 0.678. The zero-order valence-electron chi connectivity index (χ0n) is 12.6. The van der Waals surface area contributed by atoms with Crippen LogP contribution in [0.25, 0.3) is 22.0 Å². The minimum atomic E-state index is 0.706. The topological polar surface area (TPSA) is 25.8 Å². The van der Waals surface area contributed by atoms with E-state index in [2.05, 4.69) is 49.2 Å². The Morgan fingerprint density at radius 2 is 1.76 bits per heavy atom. The Morgan fingerprint density at radius 1 is 0.952 bits per heavy atom. The summed E-state index contributed by atoms with van der Waals surface area (Å²) in [5, 5.41) is 1.19. The molecule has 0 N–H and O–H groups in total. The summed E-state index contributed by atoms with van der Waals surface area (Å²) in [6.07, 6.45) is 5.88. The highest BCUT2D eigenvalue weighted by atomic mass is 14.7. The highest BCUT2D eigenvalue weighted by molar-refractivity contribution is 5.93. The number of hydrogen-bond acceptors (Lipinski definition) is 2. The number of benzene rings is 1. The Labute approximate surface area is 125 Å². The molecule has 0 unspecified atom stereocenters. The number of pyridine rings is 2. The van der Waals surface area contributed by atoms with Crippen molar-refractivity contribution in [2.24, 2.45) is 5.92 Å². The van der Waals surface area contributed by atoms with Crippen LogP contribution in [0.5, 0.6) is 0 Å². The summed E-state index contributed by atoms with van der Waals surface area (Å²) in [7, 11) is 0. The van der Waals surface area contributed by atoms with Crippen LogP contribution in [0.4, 0.5) is 0 Å². The van der Waals surface area contributed by atoms with Gasteiger partial charge in [0.25, 0.3) is 0 Å². The standard InChI is InChI=1S/C19H20N2/c1-14(2)6-8-17-9-7-16-4-3-5-18(19(16)21-17)15-10-12-20-13-11-15/h3-5,7,9-14H,6,8H2,1-2H3. The number of aromatic nitrogens is 2. The number of para-hydroxylation sites is 1. The highest BCUT2D eigenvalue weighted by Gasteiger charge is 2.06. The maximum Gasteiger partial charge on any atom is 0.0783 e. The number of aryl methyl sites for hydroxylation is 1. The first-order valence-corrected chi connectivity index (χ1v) is 7.53. The van der Waals surface area contributed by atoms with E-state index < -0.39 is 0 Å². The van der Waals surface area contributed by atoms with Gasteiger partial charge in [-0.05, 0) is 42.5 Å². The molecular weight excluding hydrogens is 256 g/mol. The lowest BCUT2D eigenvalue weighted by molar-refractivity contribution is 0.582. The highest BCUT2D eigenvalue weighted by Crippen LogP contribution is 2.27. The molecule has 0 atom stereocenters. The third kappa shape index (κ3) is 3.10. The van der Waals surface area contributed by atoms with Crippen LogP contribution in [0.3, 0.4) is 0 Å². The minimum absolute atomic E-state index is 0.706. The van der Waals surface area contributed by atoms with Crippen molar-refractivity contribution in [1.82, 2.24) is 9.97 Å². The summed E-state index contributed by atoms with van der Waals surface area (Å²) in [4.78, 5) is 9.00. The molecule has 3 aromatic rings. The second-order valence-corrected chi connectivity index (χ2v) is 5.85. The van der Waals surface area contributed by atoms with Gasteiger partial charge in [-0.15, -0.1) is 0 Å². The van der Waals surface area contributed by atoms with Crippen LogP contribution in [0.1, 0.15) is 26.0 Å². The van der Waals surface area contributed by atoms with Crippen molar-refractivity contribution < 1.29 is 0 Å². The van der Waals surface area contributed by atoms with Crippen LogP contribution in [-0.2, 0) is 6.42 Å². The molecule has 106 valence electrons. The van der Waals surface area contributed by atoms with Crippen molar-refractivity contribution in [2.75, 3.05) is 0 Å². The molecule has 2 heteroatoms. The molecule has 2 nitrogen and oxygen atoms in total. The molecule has 0 amide bonds.